The Kier molecular flexibility index (Phi) is 6.91. The number of carbonyl (C=O) groups is 2. The SMILES string of the molecule is CCCOC(=O)C1C(C)=NC2=C(C(=O)C[C@H](c3ccc(OC)c(OC)c3)C2)[C@@H]1c1ccc(C)o1. The molecule has 7 heteroatoms. The summed E-state index contributed by atoms with van der Waals surface area (Å²) in [5.74, 6) is 0.917. The molecule has 1 aliphatic heterocycles. The van der Waals surface area contributed by atoms with Crippen LogP contribution in [-0.2, 0) is 14.3 Å². The average molecular weight is 466 g/mol. The largest absolute Gasteiger partial charge is 0.493 e. The molecule has 4 rings (SSSR count). The zero-order valence-corrected chi connectivity index (χ0v) is 20.3. The Morgan fingerprint density at radius 1 is 1.09 bits per heavy atom. The first kappa shape index (κ1) is 23.8. The Labute approximate surface area is 199 Å². The summed E-state index contributed by atoms with van der Waals surface area (Å²) in [5, 5.41) is 0. The second-order valence-corrected chi connectivity index (χ2v) is 8.83. The van der Waals surface area contributed by atoms with Gasteiger partial charge in [0.1, 0.15) is 17.4 Å². The minimum atomic E-state index is -0.683. The van der Waals surface area contributed by atoms with Crippen molar-refractivity contribution in [1.29, 1.82) is 0 Å². The van der Waals surface area contributed by atoms with Gasteiger partial charge in [-0.25, -0.2) is 0 Å². The molecular formula is C27H31NO6. The van der Waals surface area contributed by atoms with Crippen LogP contribution in [0.3, 0.4) is 0 Å². The van der Waals surface area contributed by atoms with E-state index in [2.05, 4.69) is 0 Å². The molecule has 1 aliphatic carbocycles. The quantitative estimate of drug-likeness (QED) is 0.527. The second kappa shape index (κ2) is 9.87. The molecule has 2 aliphatic rings. The first-order valence-corrected chi connectivity index (χ1v) is 11.6. The van der Waals surface area contributed by atoms with E-state index in [-0.39, 0.29) is 17.7 Å². The summed E-state index contributed by atoms with van der Waals surface area (Å²) in [6, 6.07) is 9.43. The lowest BCUT2D eigenvalue weighted by molar-refractivity contribution is -0.146. The van der Waals surface area contributed by atoms with E-state index >= 15 is 0 Å². The number of allylic oxidation sites excluding steroid dienone is 2. The fourth-order valence-electron chi connectivity index (χ4n) is 4.93. The van der Waals surface area contributed by atoms with Gasteiger partial charge in [0.15, 0.2) is 17.3 Å². The van der Waals surface area contributed by atoms with Crippen molar-refractivity contribution in [3.8, 4) is 11.5 Å². The van der Waals surface area contributed by atoms with Crippen LogP contribution >= 0.6 is 0 Å². The highest BCUT2D eigenvalue weighted by Gasteiger charge is 2.46. The Bertz CT molecular complexity index is 1160. The number of rotatable bonds is 7. The van der Waals surface area contributed by atoms with Crippen molar-refractivity contribution in [2.75, 3.05) is 20.8 Å². The molecule has 0 spiro atoms. The van der Waals surface area contributed by atoms with Crippen molar-refractivity contribution in [1.82, 2.24) is 0 Å². The normalized spacial score (nSPS) is 22.2. The van der Waals surface area contributed by atoms with Crippen LogP contribution in [0, 0.1) is 12.8 Å². The van der Waals surface area contributed by atoms with Crippen molar-refractivity contribution in [3.63, 3.8) is 0 Å². The highest BCUT2D eigenvalue weighted by atomic mass is 16.5. The van der Waals surface area contributed by atoms with Crippen LogP contribution in [-0.4, -0.2) is 38.3 Å². The highest BCUT2D eigenvalue weighted by molar-refractivity contribution is 6.09. The summed E-state index contributed by atoms with van der Waals surface area (Å²) in [6.45, 7) is 5.95. The molecule has 180 valence electrons. The number of aliphatic imine (C=N–C) groups is 1. The molecular weight excluding hydrogens is 434 g/mol. The monoisotopic (exact) mass is 465 g/mol. The fourth-order valence-corrected chi connectivity index (χ4v) is 4.93. The molecule has 0 bridgehead atoms. The lowest BCUT2D eigenvalue weighted by Gasteiger charge is -2.35. The summed E-state index contributed by atoms with van der Waals surface area (Å²) in [7, 11) is 3.19. The summed E-state index contributed by atoms with van der Waals surface area (Å²) in [4.78, 5) is 31.4. The van der Waals surface area contributed by atoms with Gasteiger partial charge in [-0.1, -0.05) is 13.0 Å². The number of furan rings is 1. The molecule has 2 heterocycles. The van der Waals surface area contributed by atoms with Gasteiger partial charge in [-0.15, -0.1) is 0 Å². The van der Waals surface area contributed by atoms with E-state index in [0.29, 0.717) is 53.7 Å². The number of esters is 1. The molecule has 1 aromatic heterocycles. The highest BCUT2D eigenvalue weighted by Crippen LogP contribution is 2.47. The van der Waals surface area contributed by atoms with Crippen LogP contribution in [0.1, 0.15) is 62.0 Å². The Morgan fingerprint density at radius 3 is 2.50 bits per heavy atom. The van der Waals surface area contributed by atoms with Gasteiger partial charge in [0.05, 0.1) is 26.7 Å². The molecule has 34 heavy (non-hydrogen) atoms. The minimum absolute atomic E-state index is 0.0235. The fraction of sp³-hybridized carbons (Fsp3) is 0.444. The number of hydrogen-bond acceptors (Lipinski definition) is 7. The van der Waals surface area contributed by atoms with Crippen molar-refractivity contribution < 1.29 is 28.2 Å². The predicted octanol–water partition coefficient (Wildman–Crippen LogP) is 5.13. The molecule has 1 aromatic carbocycles. The van der Waals surface area contributed by atoms with Gasteiger partial charge in [-0.3, -0.25) is 14.6 Å². The Hall–Kier alpha value is -3.35. The third-order valence-corrected chi connectivity index (χ3v) is 6.54. The van der Waals surface area contributed by atoms with Crippen LogP contribution in [0.5, 0.6) is 11.5 Å². The van der Waals surface area contributed by atoms with Gasteiger partial charge < -0.3 is 18.6 Å². The van der Waals surface area contributed by atoms with Gasteiger partial charge >= 0.3 is 5.97 Å². The number of Topliss-reactive ketones (excluding diaryl/α,β-unsaturated/α-hetero) is 1. The van der Waals surface area contributed by atoms with E-state index in [4.69, 9.17) is 23.6 Å². The number of nitrogens with zero attached hydrogens (tertiary/aromatic N) is 1. The van der Waals surface area contributed by atoms with Gasteiger partial charge in [0, 0.05) is 23.4 Å². The first-order valence-electron chi connectivity index (χ1n) is 11.6. The van der Waals surface area contributed by atoms with Crippen LogP contribution in [0.15, 0.2) is 51.0 Å². The molecule has 0 saturated heterocycles. The smallest absolute Gasteiger partial charge is 0.315 e. The first-order chi connectivity index (χ1) is 16.4. The number of ketones is 1. The number of aryl methyl sites for hydroxylation is 1. The zero-order valence-electron chi connectivity index (χ0n) is 20.3. The van der Waals surface area contributed by atoms with Gasteiger partial charge in [-0.2, -0.15) is 0 Å². The lowest BCUT2D eigenvalue weighted by Crippen LogP contribution is -2.38. The molecule has 1 unspecified atom stereocenters. The minimum Gasteiger partial charge on any atom is -0.493 e. The van der Waals surface area contributed by atoms with Gasteiger partial charge in [-0.05, 0) is 62.4 Å². The standard InChI is InChI=1S/C27H31NO6/c1-6-11-33-27(30)24-16(3)28-19-12-18(17-8-10-21(31-4)23(14-17)32-5)13-20(29)25(19)26(24)22-9-7-15(2)34-22/h7-10,14,18,24,26H,6,11-13H2,1-5H3/t18-,24?,26-/m1/s1. The summed E-state index contributed by atoms with van der Waals surface area (Å²) < 4.78 is 22.2. The van der Waals surface area contributed by atoms with Crippen molar-refractivity contribution in [2.24, 2.45) is 10.9 Å². The predicted molar refractivity (Wildman–Crippen MR) is 128 cm³/mol. The Morgan fingerprint density at radius 2 is 1.85 bits per heavy atom. The molecule has 3 atom stereocenters. The lowest BCUT2D eigenvalue weighted by atomic mass is 9.70. The van der Waals surface area contributed by atoms with Crippen LogP contribution < -0.4 is 9.47 Å². The summed E-state index contributed by atoms with van der Waals surface area (Å²) in [5.41, 5.74) is 2.90. The third kappa shape index (κ3) is 4.39. The third-order valence-electron chi connectivity index (χ3n) is 6.54. The van der Waals surface area contributed by atoms with Gasteiger partial charge in [0.25, 0.3) is 0 Å². The van der Waals surface area contributed by atoms with E-state index in [1.165, 1.54) is 0 Å². The number of benzene rings is 1. The zero-order chi connectivity index (χ0) is 24.4. The van der Waals surface area contributed by atoms with Crippen LogP contribution in [0.2, 0.25) is 0 Å². The number of methoxy groups -OCH3 is 2. The van der Waals surface area contributed by atoms with Crippen molar-refractivity contribution >= 4 is 17.5 Å². The van der Waals surface area contributed by atoms with E-state index in [1.807, 2.05) is 51.1 Å². The average Bonchev–Trinajstić information content (AvgIpc) is 3.26. The number of ether oxygens (including phenoxy) is 3. The molecule has 7 nitrogen and oxygen atoms in total. The van der Waals surface area contributed by atoms with Crippen LogP contribution in [0.4, 0.5) is 0 Å². The van der Waals surface area contributed by atoms with Crippen LogP contribution in [0.25, 0.3) is 0 Å². The molecule has 2 aromatic rings. The summed E-state index contributed by atoms with van der Waals surface area (Å²) in [6.07, 6.45) is 1.62. The summed E-state index contributed by atoms with van der Waals surface area (Å²) >= 11 is 0. The van der Waals surface area contributed by atoms with Crippen molar-refractivity contribution in [2.45, 2.75) is 51.9 Å². The molecule has 0 saturated carbocycles. The number of hydrogen-bond donors (Lipinski definition) is 0. The van der Waals surface area contributed by atoms with Gasteiger partial charge in [0.2, 0.25) is 0 Å². The maximum absolute atomic E-state index is 13.6. The molecule has 0 amide bonds. The van der Waals surface area contributed by atoms with E-state index in [1.54, 1.807) is 14.2 Å². The molecule has 0 N–H and O–H groups in total. The van der Waals surface area contributed by atoms with Crippen molar-refractivity contribution in [3.05, 3.63) is 58.7 Å². The van der Waals surface area contributed by atoms with E-state index < -0.39 is 11.8 Å². The van der Waals surface area contributed by atoms with E-state index in [9.17, 15) is 9.59 Å². The maximum atomic E-state index is 13.6. The van der Waals surface area contributed by atoms with E-state index in [0.717, 1.165) is 17.7 Å². The molecule has 0 radical (unpaired) electrons. The second-order valence-electron chi connectivity index (χ2n) is 8.83. The Balaban J connectivity index is 1.74. The number of carbonyl (C=O) groups excluding carboxylic acids is 2. The molecule has 0 fully saturated rings. The maximum Gasteiger partial charge on any atom is 0.315 e. The topological polar surface area (TPSA) is 87.3 Å².